The minimum Gasteiger partial charge on any atom is -0.291 e. The second-order valence-corrected chi connectivity index (χ2v) is 6.39. The number of rotatable bonds is 2. The molecule has 0 N–H and O–H groups in total. The van der Waals surface area contributed by atoms with E-state index < -0.39 is 15.1 Å². The average molecular weight is 242 g/mol. The van der Waals surface area contributed by atoms with E-state index in [9.17, 15) is 13.2 Å². The van der Waals surface area contributed by atoms with Crippen molar-refractivity contribution in [2.24, 2.45) is 7.05 Å². The van der Waals surface area contributed by atoms with Crippen molar-refractivity contribution in [3.63, 3.8) is 0 Å². The van der Waals surface area contributed by atoms with E-state index in [1.807, 2.05) is 0 Å². The van der Waals surface area contributed by atoms with Crippen molar-refractivity contribution in [1.82, 2.24) is 9.78 Å². The Balaban J connectivity index is 2.28. The molecule has 0 aromatic carbocycles. The fourth-order valence-corrected chi connectivity index (χ4v) is 3.82. The molecule has 0 bridgehead atoms. The molecule has 5 nitrogen and oxygen atoms in total. The van der Waals surface area contributed by atoms with Gasteiger partial charge < -0.3 is 0 Å². The lowest BCUT2D eigenvalue weighted by Gasteiger charge is -2.19. The Kier molecular flexibility index (Phi) is 2.84. The van der Waals surface area contributed by atoms with Crippen molar-refractivity contribution < 1.29 is 13.2 Å². The van der Waals surface area contributed by atoms with Crippen molar-refractivity contribution in [2.45, 2.75) is 24.5 Å². The van der Waals surface area contributed by atoms with Crippen molar-refractivity contribution in [2.75, 3.05) is 5.75 Å². The molecule has 1 atom stereocenters. The van der Waals surface area contributed by atoms with Gasteiger partial charge >= 0.3 is 0 Å². The van der Waals surface area contributed by atoms with Crippen LogP contribution in [0.25, 0.3) is 0 Å². The predicted molar refractivity (Wildman–Crippen MR) is 59.0 cm³/mol. The number of hydrogen-bond donors (Lipinski definition) is 0. The molecular formula is C10H14N2O3S. The van der Waals surface area contributed by atoms with Crippen LogP contribution in [-0.4, -0.2) is 35.0 Å². The molecule has 1 unspecified atom stereocenters. The summed E-state index contributed by atoms with van der Waals surface area (Å²) in [5.74, 6) is -0.240. The molecule has 6 heteroatoms. The van der Waals surface area contributed by atoms with Gasteiger partial charge in [0.2, 0.25) is 5.78 Å². The van der Waals surface area contributed by atoms with Gasteiger partial charge in [-0.3, -0.25) is 9.48 Å². The quantitative estimate of drug-likeness (QED) is 0.711. The zero-order chi connectivity index (χ0) is 11.8. The number of nitrogens with zero attached hydrogens (tertiary/aromatic N) is 2. The third kappa shape index (κ3) is 2.02. The number of carbonyl (C=O) groups excluding carboxylic acids is 1. The summed E-state index contributed by atoms with van der Waals surface area (Å²) in [6.45, 7) is 0. The van der Waals surface area contributed by atoms with Crippen molar-refractivity contribution >= 4 is 15.6 Å². The Hall–Kier alpha value is -1.17. The van der Waals surface area contributed by atoms with E-state index in [2.05, 4.69) is 5.10 Å². The van der Waals surface area contributed by atoms with Crippen molar-refractivity contribution in [1.29, 1.82) is 0 Å². The van der Waals surface area contributed by atoms with Gasteiger partial charge in [0, 0.05) is 13.2 Å². The molecule has 1 aliphatic heterocycles. The molecule has 1 aromatic heterocycles. The first-order chi connectivity index (χ1) is 7.50. The highest BCUT2D eigenvalue weighted by Gasteiger charge is 2.36. The van der Waals surface area contributed by atoms with Crippen LogP contribution in [0.1, 0.15) is 29.8 Å². The molecule has 1 saturated heterocycles. The standard InChI is InChI=1S/C10H14N2O3S/c1-12-6-5-8(11-12)10(13)9-4-2-3-7-16(9,14)15/h5-6,9H,2-4,7H2,1H3. The minimum absolute atomic E-state index is 0.121. The first kappa shape index (κ1) is 11.3. The molecule has 88 valence electrons. The maximum Gasteiger partial charge on any atom is 0.201 e. The third-order valence-corrected chi connectivity index (χ3v) is 5.01. The fraction of sp³-hybridized carbons (Fsp3) is 0.600. The summed E-state index contributed by atoms with van der Waals surface area (Å²) in [7, 11) is -1.56. The van der Waals surface area contributed by atoms with Crippen LogP contribution in [0.15, 0.2) is 12.3 Å². The SMILES string of the molecule is Cn1ccc(C(=O)C2CCCCS2(=O)=O)n1. The van der Waals surface area contributed by atoms with Gasteiger partial charge in [-0.25, -0.2) is 8.42 Å². The minimum atomic E-state index is -3.26. The molecule has 16 heavy (non-hydrogen) atoms. The van der Waals surface area contributed by atoms with Crippen LogP contribution in [0.5, 0.6) is 0 Å². The Labute approximate surface area is 94.4 Å². The number of Topliss-reactive ketones (excluding diaryl/α,β-unsaturated/α-hetero) is 1. The summed E-state index contributed by atoms with van der Waals surface area (Å²) in [6, 6.07) is 1.56. The van der Waals surface area contributed by atoms with Gasteiger partial charge in [-0.15, -0.1) is 0 Å². The van der Waals surface area contributed by atoms with E-state index in [4.69, 9.17) is 0 Å². The van der Waals surface area contributed by atoms with Gasteiger partial charge in [-0.1, -0.05) is 6.42 Å². The topological polar surface area (TPSA) is 69.0 Å². The second-order valence-electron chi connectivity index (χ2n) is 4.09. The van der Waals surface area contributed by atoms with Crippen molar-refractivity contribution in [3.8, 4) is 0 Å². The molecule has 2 rings (SSSR count). The van der Waals surface area contributed by atoms with Gasteiger partial charge in [-0.2, -0.15) is 5.10 Å². The lowest BCUT2D eigenvalue weighted by Crippen LogP contribution is -2.35. The summed E-state index contributed by atoms with van der Waals surface area (Å²) < 4.78 is 25.0. The van der Waals surface area contributed by atoms with E-state index in [1.165, 1.54) is 4.68 Å². The Morgan fingerprint density at radius 1 is 1.50 bits per heavy atom. The number of sulfone groups is 1. The van der Waals surface area contributed by atoms with Crippen LogP contribution in [0.4, 0.5) is 0 Å². The fourth-order valence-electron chi connectivity index (χ4n) is 1.96. The first-order valence-electron chi connectivity index (χ1n) is 5.26. The van der Waals surface area contributed by atoms with Crippen LogP contribution in [0.2, 0.25) is 0 Å². The predicted octanol–water partition coefficient (Wildman–Crippen LogP) is 0.570. The van der Waals surface area contributed by atoms with Crippen LogP contribution in [-0.2, 0) is 16.9 Å². The smallest absolute Gasteiger partial charge is 0.201 e. The van der Waals surface area contributed by atoms with Crippen molar-refractivity contribution in [3.05, 3.63) is 18.0 Å². The number of carbonyl (C=O) groups is 1. The lowest BCUT2D eigenvalue weighted by atomic mass is 10.1. The Morgan fingerprint density at radius 2 is 2.25 bits per heavy atom. The van der Waals surface area contributed by atoms with Crippen LogP contribution >= 0.6 is 0 Å². The van der Waals surface area contributed by atoms with E-state index in [0.717, 1.165) is 6.42 Å². The zero-order valence-electron chi connectivity index (χ0n) is 9.09. The zero-order valence-corrected chi connectivity index (χ0v) is 9.90. The van der Waals surface area contributed by atoms with Gasteiger partial charge in [0.1, 0.15) is 10.9 Å². The van der Waals surface area contributed by atoms with Crippen LogP contribution in [0, 0.1) is 0 Å². The van der Waals surface area contributed by atoms with Gasteiger partial charge in [0.05, 0.1) is 5.75 Å². The molecule has 1 aliphatic rings. The lowest BCUT2D eigenvalue weighted by molar-refractivity contribution is 0.0976. The first-order valence-corrected chi connectivity index (χ1v) is 6.98. The van der Waals surface area contributed by atoms with E-state index >= 15 is 0 Å². The van der Waals surface area contributed by atoms with Gasteiger partial charge in [0.25, 0.3) is 0 Å². The highest BCUT2D eigenvalue weighted by molar-refractivity contribution is 7.92. The highest BCUT2D eigenvalue weighted by atomic mass is 32.2. The maximum absolute atomic E-state index is 12.0. The molecule has 0 radical (unpaired) electrons. The van der Waals surface area contributed by atoms with E-state index in [0.29, 0.717) is 12.8 Å². The van der Waals surface area contributed by atoms with E-state index in [-0.39, 0.29) is 17.2 Å². The van der Waals surface area contributed by atoms with Crippen LogP contribution < -0.4 is 0 Å². The van der Waals surface area contributed by atoms with Gasteiger partial charge in [0.15, 0.2) is 9.84 Å². The monoisotopic (exact) mass is 242 g/mol. The summed E-state index contributed by atoms with van der Waals surface area (Å²) in [6.07, 6.45) is 3.53. The normalized spacial score (nSPS) is 24.2. The molecular weight excluding hydrogens is 228 g/mol. The number of aromatic nitrogens is 2. The number of ketones is 1. The largest absolute Gasteiger partial charge is 0.291 e. The maximum atomic E-state index is 12.0. The van der Waals surface area contributed by atoms with Gasteiger partial charge in [-0.05, 0) is 18.9 Å². The molecule has 0 saturated carbocycles. The molecule has 1 aromatic rings. The molecule has 0 spiro atoms. The summed E-state index contributed by atoms with van der Waals surface area (Å²) in [5.41, 5.74) is 0.248. The summed E-state index contributed by atoms with van der Waals surface area (Å²) >= 11 is 0. The number of hydrogen-bond acceptors (Lipinski definition) is 4. The summed E-state index contributed by atoms with van der Waals surface area (Å²) in [5, 5.41) is 3.08. The molecule has 2 heterocycles. The molecule has 0 amide bonds. The molecule has 1 fully saturated rings. The summed E-state index contributed by atoms with van der Waals surface area (Å²) in [4.78, 5) is 12.0. The number of aryl methyl sites for hydroxylation is 1. The second kappa shape index (κ2) is 4.01. The van der Waals surface area contributed by atoms with Crippen LogP contribution in [0.3, 0.4) is 0 Å². The Bertz CT molecular complexity index is 504. The molecule has 0 aliphatic carbocycles. The average Bonchev–Trinajstić information content (AvgIpc) is 2.63. The highest BCUT2D eigenvalue weighted by Crippen LogP contribution is 2.22. The Morgan fingerprint density at radius 3 is 2.81 bits per heavy atom. The third-order valence-electron chi connectivity index (χ3n) is 2.84. The van der Waals surface area contributed by atoms with E-state index in [1.54, 1.807) is 19.3 Å².